The molecule has 0 heterocycles. The van der Waals surface area contributed by atoms with Crippen molar-refractivity contribution in [2.24, 2.45) is 17.3 Å². The van der Waals surface area contributed by atoms with Gasteiger partial charge in [0.1, 0.15) is 5.41 Å². The van der Waals surface area contributed by atoms with Gasteiger partial charge in [-0.15, -0.1) is 0 Å². The topological polar surface area (TPSA) is 224 Å². The highest BCUT2D eigenvalue weighted by Crippen LogP contribution is 2.53. The molecule has 0 aliphatic heterocycles. The third-order valence-corrected chi connectivity index (χ3v) is 7.94. The van der Waals surface area contributed by atoms with Gasteiger partial charge >= 0.3 is 15.6 Å². The highest BCUT2D eigenvalue weighted by Gasteiger charge is 2.53. The van der Waals surface area contributed by atoms with Crippen molar-refractivity contribution in [3.8, 4) is 0 Å². The molecule has 8 N–H and O–H groups in total. The van der Waals surface area contributed by atoms with E-state index in [2.05, 4.69) is 32.0 Å². The second kappa shape index (κ2) is 22.5. The van der Waals surface area contributed by atoms with Gasteiger partial charge in [-0.05, 0) is 24.7 Å². The standard InChI is InChI=1S/C25H52O6.H4O7P2/c1-22(2)15-11-7-5-9-13-17-30-25(29,24(19-26,20-27)21-28)31-18-14-10-6-8-12-16-23(3)4;1-8(2,3)7-9(4,5)6/h22-23,26-29H,5-21H2,1-4H3;(H2,1,2,3)(H2,4,5,6). The fourth-order valence-electron chi connectivity index (χ4n) is 3.73. The lowest BCUT2D eigenvalue weighted by Gasteiger charge is -2.42. The van der Waals surface area contributed by atoms with Crippen molar-refractivity contribution in [2.45, 2.75) is 111 Å². The lowest BCUT2D eigenvalue weighted by Crippen LogP contribution is -2.59. The second-order valence-corrected chi connectivity index (χ2v) is 13.6. The molecule has 0 rings (SSSR count). The molecule has 0 atom stereocenters. The summed E-state index contributed by atoms with van der Waals surface area (Å²) in [6.45, 7) is 7.52. The summed E-state index contributed by atoms with van der Waals surface area (Å²) in [4.78, 5) is 31.0. The number of rotatable bonds is 24. The van der Waals surface area contributed by atoms with Gasteiger partial charge in [0.05, 0.1) is 33.0 Å². The van der Waals surface area contributed by atoms with Crippen LogP contribution < -0.4 is 0 Å². The summed E-state index contributed by atoms with van der Waals surface area (Å²) in [6, 6.07) is 0. The Hall–Kier alpha value is 0.0200. The molecule has 0 saturated heterocycles. The van der Waals surface area contributed by atoms with Crippen LogP contribution in [0.5, 0.6) is 0 Å². The zero-order valence-corrected chi connectivity index (χ0v) is 26.5. The molecule has 0 aliphatic rings. The Kier molecular flexibility index (Phi) is 23.8. The third-order valence-electron chi connectivity index (χ3n) is 6.24. The molecule has 40 heavy (non-hydrogen) atoms. The predicted molar refractivity (Wildman–Crippen MR) is 151 cm³/mol. The number of unbranched alkanes of at least 4 members (excludes halogenated alkanes) is 8. The number of hydrogen-bond acceptors (Lipinski definition) is 9. The number of ether oxygens (including phenoxy) is 2. The Morgan fingerprint density at radius 2 is 0.875 bits per heavy atom. The Bertz CT molecular complexity index is 638. The van der Waals surface area contributed by atoms with E-state index in [9.17, 15) is 29.6 Å². The average Bonchev–Trinajstić information content (AvgIpc) is 2.81. The molecular weight excluding hydrogens is 570 g/mol. The Balaban J connectivity index is 0. The van der Waals surface area contributed by atoms with Gasteiger partial charge in [0, 0.05) is 0 Å². The fourth-order valence-corrected chi connectivity index (χ4v) is 4.84. The molecule has 244 valence electrons. The van der Waals surface area contributed by atoms with Gasteiger partial charge in [-0.1, -0.05) is 91.9 Å². The van der Waals surface area contributed by atoms with Crippen LogP contribution in [-0.4, -0.2) is 79.0 Å². The normalized spacial score (nSPS) is 13.2. The Morgan fingerprint density at radius 3 is 1.12 bits per heavy atom. The van der Waals surface area contributed by atoms with Crippen LogP contribution in [0.4, 0.5) is 0 Å². The van der Waals surface area contributed by atoms with Gasteiger partial charge in [-0.2, -0.15) is 4.31 Å². The molecule has 0 saturated carbocycles. The first-order valence-electron chi connectivity index (χ1n) is 14.1. The quantitative estimate of drug-likeness (QED) is 0.0434. The molecule has 0 unspecified atom stereocenters. The van der Waals surface area contributed by atoms with Gasteiger partial charge in [-0.3, -0.25) is 0 Å². The van der Waals surface area contributed by atoms with Crippen molar-refractivity contribution in [1.82, 2.24) is 0 Å². The summed E-state index contributed by atoms with van der Waals surface area (Å²) >= 11 is 0. The van der Waals surface area contributed by atoms with Crippen LogP contribution in [0.15, 0.2) is 0 Å². The highest BCUT2D eigenvalue weighted by molar-refractivity contribution is 7.60. The van der Waals surface area contributed by atoms with Crippen LogP contribution in [0.3, 0.4) is 0 Å². The largest absolute Gasteiger partial charge is 0.478 e. The van der Waals surface area contributed by atoms with Crippen molar-refractivity contribution in [1.29, 1.82) is 0 Å². The van der Waals surface area contributed by atoms with Gasteiger partial charge < -0.3 is 49.5 Å². The predicted octanol–water partition coefficient (Wildman–Crippen LogP) is 3.81. The molecule has 0 radical (unpaired) electrons. The maximum absolute atomic E-state index is 11.0. The molecule has 0 spiro atoms. The van der Waals surface area contributed by atoms with Crippen LogP contribution >= 0.6 is 15.6 Å². The number of aliphatic hydroxyl groups excluding tert-OH is 3. The van der Waals surface area contributed by atoms with Crippen molar-refractivity contribution in [3.63, 3.8) is 0 Å². The average molecular weight is 627 g/mol. The molecule has 0 aromatic rings. The summed E-state index contributed by atoms with van der Waals surface area (Å²) in [5, 5.41) is 40.3. The van der Waals surface area contributed by atoms with Crippen LogP contribution in [0.25, 0.3) is 0 Å². The third kappa shape index (κ3) is 22.6. The highest BCUT2D eigenvalue weighted by atomic mass is 31.3. The molecule has 0 fully saturated rings. The molecule has 13 nitrogen and oxygen atoms in total. The summed E-state index contributed by atoms with van der Waals surface area (Å²) in [6.07, 6.45) is 13.0. The minimum Gasteiger partial charge on any atom is -0.395 e. The van der Waals surface area contributed by atoms with Gasteiger partial charge in [0.2, 0.25) is 0 Å². The first-order valence-corrected chi connectivity index (χ1v) is 17.2. The second-order valence-electron chi connectivity index (χ2n) is 11.0. The van der Waals surface area contributed by atoms with E-state index in [4.69, 9.17) is 29.0 Å². The first kappa shape index (κ1) is 42.2. The molecule has 0 aromatic carbocycles. The number of hydrogen-bond donors (Lipinski definition) is 8. The number of phosphoric acid groups is 2. The molecule has 0 amide bonds. The SMILES string of the molecule is CC(C)CCCCCCCOC(O)(OCCCCCCCC(C)C)C(CO)(CO)CO.O=P(O)(O)OP(=O)(O)O. The number of aliphatic hydroxyl groups is 4. The first-order chi connectivity index (χ1) is 18.5. The van der Waals surface area contributed by atoms with Crippen LogP contribution in [0, 0.1) is 17.3 Å². The van der Waals surface area contributed by atoms with E-state index < -0.39 is 46.9 Å². The van der Waals surface area contributed by atoms with E-state index in [0.29, 0.717) is 0 Å². The fraction of sp³-hybridized carbons (Fsp3) is 1.00. The summed E-state index contributed by atoms with van der Waals surface area (Å²) in [5.74, 6) is -0.737. The smallest absolute Gasteiger partial charge is 0.395 e. The van der Waals surface area contributed by atoms with Crippen LogP contribution in [0.1, 0.15) is 105 Å². The molecule has 0 aliphatic carbocycles. The van der Waals surface area contributed by atoms with E-state index >= 15 is 0 Å². The van der Waals surface area contributed by atoms with Gasteiger partial charge in [0.15, 0.2) is 0 Å². The molecule has 0 aromatic heterocycles. The van der Waals surface area contributed by atoms with Crippen molar-refractivity contribution in [3.05, 3.63) is 0 Å². The zero-order chi connectivity index (χ0) is 31.3. The van der Waals surface area contributed by atoms with Crippen molar-refractivity contribution in [2.75, 3.05) is 33.0 Å². The summed E-state index contributed by atoms with van der Waals surface area (Å²) in [5.41, 5.74) is -1.67. The molecule has 15 heteroatoms. The minimum absolute atomic E-state index is 0.248. The van der Waals surface area contributed by atoms with Crippen LogP contribution in [0.2, 0.25) is 0 Å². The van der Waals surface area contributed by atoms with E-state index in [1.807, 2.05) is 0 Å². The van der Waals surface area contributed by atoms with E-state index in [1.165, 1.54) is 38.5 Å². The van der Waals surface area contributed by atoms with Crippen LogP contribution in [-0.2, 0) is 22.9 Å². The molecule has 0 bridgehead atoms. The summed E-state index contributed by atoms with van der Waals surface area (Å²) < 4.78 is 33.5. The minimum atomic E-state index is -5.05. The van der Waals surface area contributed by atoms with E-state index in [0.717, 1.165) is 50.4 Å². The van der Waals surface area contributed by atoms with Crippen molar-refractivity contribution >= 4 is 15.6 Å². The monoisotopic (exact) mass is 626 g/mol. The zero-order valence-electron chi connectivity index (χ0n) is 24.7. The van der Waals surface area contributed by atoms with Gasteiger partial charge in [0.25, 0.3) is 5.97 Å². The summed E-state index contributed by atoms with van der Waals surface area (Å²) in [7, 11) is -10.1. The maximum atomic E-state index is 11.0. The Labute approximate surface area is 239 Å². The maximum Gasteiger partial charge on any atom is 0.478 e. The lowest BCUT2D eigenvalue weighted by molar-refractivity contribution is -0.426. The van der Waals surface area contributed by atoms with Gasteiger partial charge in [-0.25, -0.2) is 9.13 Å². The van der Waals surface area contributed by atoms with E-state index in [1.54, 1.807) is 0 Å². The lowest BCUT2D eigenvalue weighted by atomic mass is 9.87. The molecular formula is C25H56O13P2. The van der Waals surface area contributed by atoms with E-state index in [-0.39, 0.29) is 13.2 Å². The van der Waals surface area contributed by atoms with Crippen molar-refractivity contribution < 1.29 is 62.9 Å². The Morgan fingerprint density at radius 1 is 0.575 bits per heavy atom.